The molecule has 0 aliphatic carbocycles. The molecule has 0 aliphatic heterocycles. The van der Waals surface area contributed by atoms with E-state index in [4.69, 9.17) is 0 Å². The van der Waals surface area contributed by atoms with Gasteiger partial charge in [0.1, 0.15) is 0 Å². The molecule has 2 aromatic heterocycles. The van der Waals surface area contributed by atoms with Crippen molar-refractivity contribution in [1.82, 2.24) is 9.97 Å². The summed E-state index contributed by atoms with van der Waals surface area (Å²) in [5.41, 5.74) is 4.26. The van der Waals surface area contributed by atoms with E-state index in [-0.39, 0.29) is 0 Å². The monoisotopic (exact) mass is 327 g/mol. The van der Waals surface area contributed by atoms with Gasteiger partial charge in [-0.2, -0.15) is 0 Å². The fourth-order valence-electron chi connectivity index (χ4n) is 2.18. The van der Waals surface area contributed by atoms with Gasteiger partial charge in [0.05, 0.1) is 5.52 Å². The Kier molecular flexibility index (Phi) is 3.65. The summed E-state index contributed by atoms with van der Waals surface area (Å²) >= 11 is 3.52. The Morgan fingerprint density at radius 2 is 2.10 bits per heavy atom. The molecule has 1 aromatic carbocycles. The largest absolute Gasteiger partial charge is 0.380 e. The highest BCUT2D eigenvalue weighted by Crippen LogP contribution is 2.26. The van der Waals surface area contributed by atoms with E-state index in [0.29, 0.717) is 0 Å². The topological polar surface area (TPSA) is 37.8 Å². The molecule has 3 rings (SSSR count). The Morgan fingerprint density at radius 1 is 1.20 bits per heavy atom. The van der Waals surface area contributed by atoms with E-state index in [1.165, 1.54) is 0 Å². The van der Waals surface area contributed by atoms with Crippen molar-refractivity contribution >= 4 is 32.5 Å². The summed E-state index contributed by atoms with van der Waals surface area (Å²) in [6.45, 7) is 2.76. The normalized spacial score (nSPS) is 10.7. The van der Waals surface area contributed by atoms with Crippen LogP contribution in [0.5, 0.6) is 0 Å². The van der Waals surface area contributed by atoms with Crippen LogP contribution in [-0.2, 0) is 6.54 Å². The Morgan fingerprint density at radius 3 is 2.90 bits per heavy atom. The van der Waals surface area contributed by atoms with Gasteiger partial charge >= 0.3 is 0 Å². The molecule has 4 heteroatoms. The molecule has 20 heavy (non-hydrogen) atoms. The maximum absolute atomic E-state index is 4.56. The van der Waals surface area contributed by atoms with Crippen LogP contribution >= 0.6 is 15.9 Å². The molecule has 100 valence electrons. The molecule has 2 heterocycles. The molecule has 0 amide bonds. The summed E-state index contributed by atoms with van der Waals surface area (Å²) in [7, 11) is 0. The van der Waals surface area contributed by atoms with Crippen molar-refractivity contribution in [2.75, 3.05) is 5.32 Å². The molecule has 0 saturated carbocycles. The second-order valence-corrected chi connectivity index (χ2v) is 5.60. The first-order chi connectivity index (χ1) is 9.72. The summed E-state index contributed by atoms with van der Waals surface area (Å²) in [4.78, 5) is 8.69. The molecule has 0 bridgehead atoms. The van der Waals surface area contributed by atoms with Crippen molar-refractivity contribution in [3.8, 4) is 0 Å². The van der Waals surface area contributed by atoms with Gasteiger partial charge in [0.2, 0.25) is 0 Å². The van der Waals surface area contributed by atoms with Gasteiger partial charge in [0.25, 0.3) is 0 Å². The van der Waals surface area contributed by atoms with Crippen LogP contribution in [-0.4, -0.2) is 9.97 Å². The smallest absolute Gasteiger partial charge is 0.0726 e. The van der Waals surface area contributed by atoms with Crippen molar-refractivity contribution in [2.24, 2.45) is 0 Å². The lowest BCUT2D eigenvalue weighted by atomic mass is 10.1. The van der Waals surface area contributed by atoms with Crippen LogP contribution in [0.15, 0.2) is 53.3 Å². The van der Waals surface area contributed by atoms with Gasteiger partial charge in [0, 0.05) is 40.2 Å². The van der Waals surface area contributed by atoms with E-state index in [9.17, 15) is 0 Å². The number of anilines is 1. The highest BCUT2D eigenvalue weighted by Gasteiger charge is 2.04. The minimum atomic E-state index is 0.749. The lowest BCUT2D eigenvalue weighted by Crippen LogP contribution is -2.01. The predicted octanol–water partition coefficient (Wildman–Crippen LogP) is 4.31. The van der Waals surface area contributed by atoms with E-state index in [2.05, 4.69) is 49.4 Å². The van der Waals surface area contributed by atoms with Crippen molar-refractivity contribution in [3.05, 3.63) is 64.5 Å². The molecule has 0 unspecified atom stereocenters. The number of hydrogen-bond donors (Lipinski definition) is 1. The molecule has 0 saturated heterocycles. The first-order valence-corrected chi connectivity index (χ1v) is 7.21. The molecule has 0 fully saturated rings. The predicted molar refractivity (Wildman–Crippen MR) is 85.7 cm³/mol. The zero-order valence-electron chi connectivity index (χ0n) is 11.1. The van der Waals surface area contributed by atoms with E-state index < -0.39 is 0 Å². The number of halogens is 1. The van der Waals surface area contributed by atoms with Gasteiger partial charge in [-0.3, -0.25) is 9.97 Å². The zero-order valence-corrected chi connectivity index (χ0v) is 12.7. The van der Waals surface area contributed by atoms with Gasteiger partial charge in [-0.15, -0.1) is 0 Å². The first kappa shape index (κ1) is 13.1. The van der Waals surface area contributed by atoms with E-state index in [1.807, 2.05) is 31.3 Å². The number of fused-ring (bicyclic) bond motifs is 1. The van der Waals surface area contributed by atoms with Crippen LogP contribution in [0.1, 0.15) is 11.3 Å². The number of benzene rings is 1. The maximum Gasteiger partial charge on any atom is 0.0726 e. The molecular weight excluding hydrogens is 314 g/mol. The number of hydrogen-bond acceptors (Lipinski definition) is 3. The third-order valence-corrected chi connectivity index (χ3v) is 3.60. The number of pyridine rings is 2. The third-order valence-electron chi connectivity index (χ3n) is 3.10. The summed E-state index contributed by atoms with van der Waals surface area (Å²) in [6, 6.07) is 12.2. The highest BCUT2D eigenvalue weighted by molar-refractivity contribution is 9.10. The van der Waals surface area contributed by atoms with Crippen molar-refractivity contribution in [1.29, 1.82) is 0 Å². The van der Waals surface area contributed by atoms with Gasteiger partial charge in [-0.1, -0.05) is 22.0 Å². The van der Waals surface area contributed by atoms with Crippen LogP contribution in [0.3, 0.4) is 0 Å². The second-order valence-electron chi connectivity index (χ2n) is 4.69. The number of nitrogens with zero attached hydrogens (tertiary/aromatic N) is 2. The summed E-state index contributed by atoms with van der Waals surface area (Å²) in [5.74, 6) is 0. The Labute approximate surface area is 126 Å². The standard InChI is InChI=1S/C16H14BrN3/c1-11-7-16(19-10-12-3-2-6-18-9-12)14-8-13(17)4-5-15(14)20-11/h2-9H,10H2,1H3,(H,19,20). The molecule has 0 radical (unpaired) electrons. The summed E-state index contributed by atoms with van der Waals surface area (Å²) in [5, 5.41) is 4.59. The van der Waals surface area contributed by atoms with Crippen LogP contribution in [0.25, 0.3) is 10.9 Å². The minimum Gasteiger partial charge on any atom is -0.380 e. The van der Waals surface area contributed by atoms with Crippen molar-refractivity contribution in [2.45, 2.75) is 13.5 Å². The number of aromatic nitrogens is 2. The van der Waals surface area contributed by atoms with Gasteiger partial charge in [0.15, 0.2) is 0 Å². The van der Waals surface area contributed by atoms with E-state index in [1.54, 1.807) is 6.20 Å². The van der Waals surface area contributed by atoms with Gasteiger partial charge in [-0.05, 0) is 42.8 Å². The second kappa shape index (κ2) is 5.59. The van der Waals surface area contributed by atoms with Crippen LogP contribution in [0.2, 0.25) is 0 Å². The fourth-order valence-corrected chi connectivity index (χ4v) is 2.54. The fraction of sp³-hybridized carbons (Fsp3) is 0.125. The molecule has 0 atom stereocenters. The zero-order chi connectivity index (χ0) is 13.9. The van der Waals surface area contributed by atoms with Gasteiger partial charge < -0.3 is 5.32 Å². The lowest BCUT2D eigenvalue weighted by Gasteiger charge is -2.11. The number of aryl methyl sites for hydroxylation is 1. The van der Waals surface area contributed by atoms with Crippen molar-refractivity contribution in [3.63, 3.8) is 0 Å². The number of rotatable bonds is 3. The molecule has 3 nitrogen and oxygen atoms in total. The molecular formula is C16H14BrN3. The average Bonchev–Trinajstić information content (AvgIpc) is 2.46. The highest BCUT2D eigenvalue weighted by atomic mass is 79.9. The third kappa shape index (κ3) is 2.80. The quantitative estimate of drug-likeness (QED) is 0.778. The van der Waals surface area contributed by atoms with E-state index in [0.717, 1.165) is 38.9 Å². The average molecular weight is 328 g/mol. The SMILES string of the molecule is Cc1cc(NCc2cccnc2)c2cc(Br)ccc2n1. The summed E-state index contributed by atoms with van der Waals surface area (Å²) in [6.07, 6.45) is 3.66. The van der Waals surface area contributed by atoms with Gasteiger partial charge in [-0.25, -0.2) is 0 Å². The molecule has 3 aromatic rings. The van der Waals surface area contributed by atoms with Crippen LogP contribution in [0.4, 0.5) is 5.69 Å². The minimum absolute atomic E-state index is 0.749. The Hall–Kier alpha value is -1.94. The van der Waals surface area contributed by atoms with Crippen LogP contribution < -0.4 is 5.32 Å². The van der Waals surface area contributed by atoms with Crippen molar-refractivity contribution < 1.29 is 0 Å². The summed E-state index contributed by atoms with van der Waals surface area (Å²) < 4.78 is 1.06. The van der Waals surface area contributed by atoms with Crippen LogP contribution in [0, 0.1) is 6.92 Å². The molecule has 0 spiro atoms. The molecule has 1 N–H and O–H groups in total. The number of nitrogens with one attached hydrogen (secondary N) is 1. The maximum atomic E-state index is 4.56. The molecule has 0 aliphatic rings. The first-order valence-electron chi connectivity index (χ1n) is 6.42. The lowest BCUT2D eigenvalue weighted by molar-refractivity contribution is 1.11. The Bertz CT molecular complexity index is 741. The Balaban J connectivity index is 1.96. The van der Waals surface area contributed by atoms with E-state index >= 15 is 0 Å².